The molecule has 0 fully saturated rings. The van der Waals surface area contributed by atoms with Crippen LogP contribution in [0.15, 0.2) is 30.6 Å². The lowest BCUT2D eigenvalue weighted by Crippen LogP contribution is -2.43. The molecule has 6 heteroatoms. The van der Waals surface area contributed by atoms with Crippen molar-refractivity contribution >= 4 is 22.6 Å². The molecule has 1 aliphatic rings. The van der Waals surface area contributed by atoms with Crippen LogP contribution in [0.3, 0.4) is 0 Å². The van der Waals surface area contributed by atoms with E-state index in [1.54, 1.807) is 18.2 Å². The van der Waals surface area contributed by atoms with E-state index in [0.717, 1.165) is 23.0 Å². The maximum Gasteiger partial charge on any atom is 0.317 e. The minimum absolute atomic E-state index is 0.0376. The van der Waals surface area contributed by atoms with E-state index in [9.17, 15) is 4.79 Å². The van der Waals surface area contributed by atoms with Crippen molar-refractivity contribution < 1.29 is 9.53 Å². The molecule has 1 aliphatic heterocycles. The summed E-state index contributed by atoms with van der Waals surface area (Å²) >= 11 is 0. The molecule has 0 aromatic carbocycles. The third-order valence-electron chi connectivity index (χ3n) is 3.86. The smallest absolute Gasteiger partial charge is 0.317 e. The molecular formula is C16H20N4O2. The molecule has 0 radical (unpaired) electrons. The summed E-state index contributed by atoms with van der Waals surface area (Å²) in [5.74, 6) is 0. The first-order valence-corrected chi connectivity index (χ1v) is 7.43. The number of pyridine rings is 1. The van der Waals surface area contributed by atoms with Crippen LogP contribution in [0.2, 0.25) is 0 Å². The van der Waals surface area contributed by atoms with Crippen molar-refractivity contribution in [2.24, 2.45) is 0 Å². The topological polar surface area (TPSA) is 70.2 Å². The number of fused-ring (bicyclic) bond motifs is 1. The second-order valence-corrected chi connectivity index (χ2v) is 5.25. The van der Waals surface area contributed by atoms with E-state index in [4.69, 9.17) is 4.74 Å². The number of nitrogens with one attached hydrogen (secondary N) is 2. The fraction of sp³-hybridized carbons (Fsp3) is 0.375. The summed E-state index contributed by atoms with van der Waals surface area (Å²) in [6, 6.07) is 3.90. The molecule has 0 aliphatic carbocycles. The standard InChI is InChI=1S/C16H20N4O2/c1-22-10-7-18-16(21)20-8-4-12(5-9-20)13-11-19-14-3-2-6-17-15(13)14/h2-4,6,11,19H,5,7-10H2,1H3,(H,18,21). The van der Waals surface area contributed by atoms with Crippen molar-refractivity contribution in [3.8, 4) is 0 Å². The quantitative estimate of drug-likeness (QED) is 0.849. The van der Waals surface area contributed by atoms with Crippen molar-refractivity contribution in [3.05, 3.63) is 36.2 Å². The van der Waals surface area contributed by atoms with Crippen molar-refractivity contribution in [3.63, 3.8) is 0 Å². The van der Waals surface area contributed by atoms with Crippen LogP contribution in [-0.2, 0) is 4.74 Å². The van der Waals surface area contributed by atoms with Gasteiger partial charge in [-0.15, -0.1) is 0 Å². The molecule has 0 unspecified atom stereocenters. The highest BCUT2D eigenvalue weighted by Gasteiger charge is 2.19. The summed E-state index contributed by atoms with van der Waals surface area (Å²) in [5, 5.41) is 2.85. The summed E-state index contributed by atoms with van der Waals surface area (Å²) in [5.41, 5.74) is 4.41. The van der Waals surface area contributed by atoms with Gasteiger partial charge in [0.2, 0.25) is 0 Å². The fourth-order valence-electron chi connectivity index (χ4n) is 2.67. The Kier molecular flexibility index (Phi) is 4.39. The minimum Gasteiger partial charge on any atom is -0.383 e. The van der Waals surface area contributed by atoms with Crippen LogP contribution in [0.4, 0.5) is 4.79 Å². The number of carbonyl (C=O) groups excluding carboxylic acids is 1. The molecule has 2 N–H and O–H groups in total. The van der Waals surface area contributed by atoms with Gasteiger partial charge in [-0.2, -0.15) is 0 Å². The Morgan fingerprint density at radius 2 is 2.45 bits per heavy atom. The zero-order valence-corrected chi connectivity index (χ0v) is 12.6. The van der Waals surface area contributed by atoms with Gasteiger partial charge in [0.15, 0.2) is 0 Å². The Bertz CT molecular complexity index is 692. The highest BCUT2D eigenvalue weighted by Crippen LogP contribution is 2.27. The van der Waals surface area contributed by atoms with Crippen molar-refractivity contribution in [1.29, 1.82) is 0 Å². The van der Waals surface area contributed by atoms with Gasteiger partial charge in [-0.25, -0.2) is 4.79 Å². The van der Waals surface area contributed by atoms with E-state index in [1.807, 2.05) is 18.3 Å². The third kappa shape index (κ3) is 2.96. The van der Waals surface area contributed by atoms with E-state index < -0.39 is 0 Å². The highest BCUT2D eigenvalue weighted by molar-refractivity contribution is 5.90. The molecule has 3 heterocycles. The van der Waals surface area contributed by atoms with E-state index in [-0.39, 0.29) is 6.03 Å². The number of amides is 2. The fourth-order valence-corrected chi connectivity index (χ4v) is 2.67. The van der Waals surface area contributed by atoms with Crippen LogP contribution in [0.5, 0.6) is 0 Å². The van der Waals surface area contributed by atoms with Crippen LogP contribution in [-0.4, -0.2) is 54.2 Å². The molecule has 0 atom stereocenters. The van der Waals surface area contributed by atoms with Crippen molar-refractivity contribution in [2.45, 2.75) is 6.42 Å². The number of ether oxygens (including phenoxy) is 1. The van der Waals surface area contributed by atoms with Gasteiger partial charge in [-0.05, 0) is 24.1 Å². The molecule has 3 rings (SSSR count). The SMILES string of the molecule is COCCNC(=O)N1CC=C(c2c[nH]c3cccnc23)CC1. The summed E-state index contributed by atoms with van der Waals surface area (Å²) in [6.07, 6.45) is 6.74. The molecule has 116 valence electrons. The van der Waals surface area contributed by atoms with Crippen molar-refractivity contribution in [2.75, 3.05) is 33.4 Å². The van der Waals surface area contributed by atoms with Crippen molar-refractivity contribution in [1.82, 2.24) is 20.2 Å². The highest BCUT2D eigenvalue weighted by atomic mass is 16.5. The van der Waals surface area contributed by atoms with E-state index in [1.165, 1.54) is 5.57 Å². The first-order valence-electron chi connectivity index (χ1n) is 7.43. The number of H-pyrrole nitrogens is 1. The predicted molar refractivity (Wildman–Crippen MR) is 85.5 cm³/mol. The zero-order valence-electron chi connectivity index (χ0n) is 12.6. The van der Waals surface area contributed by atoms with E-state index in [0.29, 0.717) is 26.2 Å². The maximum atomic E-state index is 12.0. The number of hydrogen-bond acceptors (Lipinski definition) is 3. The van der Waals surface area contributed by atoms with Crippen LogP contribution >= 0.6 is 0 Å². The van der Waals surface area contributed by atoms with E-state index in [2.05, 4.69) is 21.4 Å². The third-order valence-corrected chi connectivity index (χ3v) is 3.86. The molecule has 6 nitrogen and oxygen atoms in total. The van der Waals surface area contributed by atoms with Gasteiger partial charge in [0.05, 0.1) is 17.6 Å². The first-order chi connectivity index (χ1) is 10.8. The number of urea groups is 1. The van der Waals surface area contributed by atoms with Gasteiger partial charge in [-0.3, -0.25) is 4.98 Å². The number of carbonyl (C=O) groups is 1. The predicted octanol–water partition coefficient (Wildman–Crippen LogP) is 2.01. The number of aromatic amines is 1. The lowest BCUT2D eigenvalue weighted by molar-refractivity contribution is 0.182. The molecule has 22 heavy (non-hydrogen) atoms. The average molecular weight is 300 g/mol. The normalized spacial score (nSPS) is 15.0. The summed E-state index contributed by atoms with van der Waals surface area (Å²) < 4.78 is 4.93. The van der Waals surface area contributed by atoms with Gasteiger partial charge in [0, 0.05) is 44.7 Å². The van der Waals surface area contributed by atoms with Crippen LogP contribution in [0.25, 0.3) is 16.6 Å². The van der Waals surface area contributed by atoms with Crippen LogP contribution < -0.4 is 5.32 Å². The molecule has 0 spiro atoms. The van der Waals surface area contributed by atoms with Gasteiger partial charge in [0.25, 0.3) is 0 Å². The summed E-state index contributed by atoms with van der Waals surface area (Å²) in [6.45, 7) is 2.40. The van der Waals surface area contributed by atoms with Gasteiger partial charge in [-0.1, -0.05) is 6.08 Å². The number of methoxy groups -OCH3 is 1. The van der Waals surface area contributed by atoms with E-state index >= 15 is 0 Å². The maximum absolute atomic E-state index is 12.0. The lowest BCUT2D eigenvalue weighted by Gasteiger charge is -2.26. The number of aromatic nitrogens is 2. The largest absolute Gasteiger partial charge is 0.383 e. The Balaban J connectivity index is 1.67. The number of hydrogen-bond donors (Lipinski definition) is 2. The lowest BCUT2D eigenvalue weighted by atomic mass is 10.0. The zero-order chi connectivity index (χ0) is 15.4. The molecule has 2 amide bonds. The molecule has 2 aromatic heterocycles. The summed E-state index contributed by atoms with van der Waals surface area (Å²) in [4.78, 5) is 21.5. The second kappa shape index (κ2) is 6.62. The van der Waals surface area contributed by atoms with Crippen LogP contribution in [0, 0.1) is 0 Å². The molecule has 0 saturated carbocycles. The molecule has 2 aromatic rings. The molecule has 0 saturated heterocycles. The minimum atomic E-state index is -0.0376. The number of nitrogens with zero attached hydrogens (tertiary/aromatic N) is 2. The Morgan fingerprint density at radius 1 is 1.55 bits per heavy atom. The van der Waals surface area contributed by atoms with Gasteiger partial charge in [0.1, 0.15) is 0 Å². The average Bonchev–Trinajstić information content (AvgIpc) is 2.99. The Hall–Kier alpha value is -2.34. The Morgan fingerprint density at radius 3 is 3.23 bits per heavy atom. The number of rotatable bonds is 4. The Labute approximate surface area is 129 Å². The van der Waals surface area contributed by atoms with Gasteiger partial charge >= 0.3 is 6.03 Å². The second-order valence-electron chi connectivity index (χ2n) is 5.25. The van der Waals surface area contributed by atoms with Crippen LogP contribution in [0.1, 0.15) is 12.0 Å². The molecular weight excluding hydrogens is 280 g/mol. The summed E-state index contributed by atoms with van der Waals surface area (Å²) in [7, 11) is 1.62. The first kappa shape index (κ1) is 14.6. The monoisotopic (exact) mass is 300 g/mol. The van der Waals surface area contributed by atoms with Gasteiger partial charge < -0.3 is 19.9 Å². The molecule has 0 bridgehead atoms.